The normalized spacial score (nSPS) is 26.8. The zero-order valence-corrected chi connectivity index (χ0v) is 20.8. The zero-order valence-electron chi connectivity index (χ0n) is 20.8. The molecule has 4 saturated carbocycles. The number of hydrogen-bond acceptors (Lipinski definition) is 3. The summed E-state index contributed by atoms with van der Waals surface area (Å²) in [6, 6.07) is 16.5. The molecule has 5 nitrogen and oxygen atoms in total. The van der Waals surface area contributed by atoms with Crippen molar-refractivity contribution in [2.45, 2.75) is 64.8 Å². The molecule has 4 fully saturated rings. The first kappa shape index (κ1) is 22.6. The molecule has 0 unspecified atom stereocenters. The van der Waals surface area contributed by atoms with E-state index in [-0.39, 0.29) is 5.41 Å². The lowest BCUT2D eigenvalue weighted by molar-refractivity contribution is -0.146. The number of rotatable bonds is 9. The second kappa shape index (κ2) is 9.33. The maximum Gasteiger partial charge on any atom is 0.226 e. The predicted molar refractivity (Wildman–Crippen MR) is 138 cm³/mol. The van der Waals surface area contributed by atoms with Crippen LogP contribution < -0.4 is 10.1 Å². The summed E-state index contributed by atoms with van der Waals surface area (Å²) in [6.07, 6.45) is 9.10. The van der Waals surface area contributed by atoms with Crippen molar-refractivity contribution in [3.05, 3.63) is 59.9 Å². The summed E-state index contributed by atoms with van der Waals surface area (Å²) in [4.78, 5) is 18.3. The third-order valence-electron chi connectivity index (χ3n) is 8.67. The Hall–Kier alpha value is -2.82. The van der Waals surface area contributed by atoms with Crippen LogP contribution >= 0.6 is 0 Å². The highest BCUT2D eigenvalue weighted by molar-refractivity contribution is 5.83. The summed E-state index contributed by atoms with van der Waals surface area (Å²) in [7, 11) is 0. The van der Waals surface area contributed by atoms with E-state index < -0.39 is 0 Å². The van der Waals surface area contributed by atoms with Crippen LogP contribution in [0, 0.1) is 30.1 Å². The van der Waals surface area contributed by atoms with Crippen LogP contribution in [0.5, 0.6) is 5.75 Å². The number of aromatic nitrogens is 2. The van der Waals surface area contributed by atoms with E-state index in [1.54, 1.807) is 0 Å². The summed E-state index contributed by atoms with van der Waals surface area (Å²) < 4.78 is 8.29. The van der Waals surface area contributed by atoms with E-state index in [1.807, 2.05) is 18.2 Å². The van der Waals surface area contributed by atoms with Gasteiger partial charge in [0.05, 0.1) is 17.6 Å². The molecule has 184 valence electrons. The highest BCUT2D eigenvalue weighted by Gasteiger charge is 2.54. The van der Waals surface area contributed by atoms with Crippen molar-refractivity contribution in [3.8, 4) is 5.75 Å². The number of nitrogens with zero attached hydrogens (tertiary/aromatic N) is 2. The number of amides is 1. The standard InChI is InChI=1S/C30H37N3O2/c1-21-6-4-7-25(14-21)35-13-5-12-33-27-9-3-2-8-26(27)32-28(33)10-11-31-29(34)30-18-22-15-23(19-30)17-24(16-22)20-30/h2-4,6-9,14,22-24H,5,10-13,15-20H2,1H3,(H,31,34). The number of fused-ring (bicyclic) bond motifs is 1. The van der Waals surface area contributed by atoms with Gasteiger partial charge in [-0.05, 0) is 99.5 Å². The lowest BCUT2D eigenvalue weighted by Crippen LogP contribution is -2.53. The number of imidazole rings is 1. The van der Waals surface area contributed by atoms with Gasteiger partial charge in [-0.15, -0.1) is 0 Å². The number of carbonyl (C=O) groups is 1. The van der Waals surface area contributed by atoms with Gasteiger partial charge in [0.2, 0.25) is 5.91 Å². The van der Waals surface area contributed by atoms with Crippen LogP contribution in [0.15, 0.2) is 48.5 Å². The van der Waals surface area contributed by atoms with Crippen molar-refractivity contribution in [3.63, 3.8) is 0 Å². The summed E-state index contributed by atoms with van der Waals surface area (Å²) in [5.41, 5.74) is 3.31. The molecular formula is C30H37N3O2. The van der Waals surface area contributed by atoms with Gasteiger partial charge in [-0.25, -0.2) is 4.98 Å². The van der Waals surface area contributed by atoms with Crippen LogP contribution in [0.1, 0.15) is 56.3 Å². The first-order valence-corrected chi connectivity index (χ1v) is 13.5. The minimum atomic E-state index is -0.0813. The molecule has 1 heterocycles. The molecule has 0 radical (unpaired) electrons. The van der Waals surface area contributed by atoms with E-state index in [2.05, 4.69) is 47.1 Å². The predicted octanol–water partition coefficient (Wildman–Crippen LogP) is 5.69. The molecule has 0 saturated heterocycles. The van der Waals surface area contributed by atoms with Crippen molar-refractivity contribution in [1.29, 1.82) is 0 Å². The molecule has 1 aromatic heterocycles. The molecule has 7 rings (SSSR count). The number of nitrogens with one attached hydrogen (secondary N) is 1. The number of hydrogen-bond donors (Lipinski definition) is 1. The molecule has 5 heteroatoms. The Morgan fingerprint density at radius 2 is 1.80 bits per heavy atom. The van der Waals surface area contributed by atoms with Crippen LogP contribution in [-0.2, 0) is 17.8 Å². The first-order chi connectivity index (χ1) is 17.1. The number of carbonyl (C=O) groups excluding carboxylic acids is 1. The molecule has 1 N–H and O–H groups in total. The smallest absolute Gasteiger partial charge is 0.226 e. The minimum Gasteiger partial charge on any atom is -0.494 e. The Balaban J connectivity index is 1.08. The topological polar surface area (TPSA) is 56.1 Å². The van der Waals surface area contributed by atoms with Gasteiger partial charge in [0.15, 0.2) is 0 Å². The third-order valence-corrected chi connectivity index (χ3v) is 8.67. The molecule has 35 heavy (non-hydrogen) atoms. The van der Waals surface area contributed by atoms with Gasteiger partial charge in [-0.2, -0.15) is 0 Å². The van der Waals surface area contributed by atoms with Crippen LogP contribution in [-0.4, -0.2) is 28.6 Å². The van der Waals surface area contributed by atoms with E-state index in [4.69, 9.17) is 9.72 Å². The van der Waals surface area contributed by atoms with E-state index in [0.717, 1.165) is 79.0 Å². The molecule has 3 aromatic rings. The van der Waals surface area contributed by atoms with Gasteiger partial charge in [0.1, 0.15) is 11.6 Å². The number of para-hydroxylation sites is 2. The Bertz CT molecular complexity index is 1180. The molecule has 2 aromatic carbocycles. The second-order valence-corrected chi connectivity index (χ2v) is 11.4. The fourth-order valence-electron chi connectivity index (χ4n) is 7.55. The monoisotopic (exact) mass is 471 g/mol. The van der Waals surface area contributed by atoms with Gasteiger partial charge in [0, 0.05) is 24.9 Å². The largest absolute Gasteiger partial charge is 0.494 e. The van der Waals surface area contributed by atoms with Gasteiger partial charge in [0.25, 0.3) is 0 Å². The average Bonchev–Trinajstić information content (AvgIpc) is 3.18. The summed E-state index contributed by atoms with van der Waals surface area (Å²) in [5.74, 6) is 4.65. The van der Waals surface area contributed by atoms with E-state index in [0.29, 0.717) is 19.1 Å². The van der Waals surface area contributed by atoms with Gasteiger partial charge < -0.3 is 14.6 Å². The Morgan fingerprint density at radius 1 is 1.06 bits per heavy atom. The minimum absolute atomic E-state index is 0.0813. The maximum absolute atomic E-state index is 13.4. The first-order valence-electron chi connectivity index (χ1n) is 13.5. The van der Waals surface area contributed by atoms with Crippen LogP contribution in [0.3, 0.4) is 0 Å². The average molecular weight is 472 g/mol. The van der Waals surface area contributed by atoms with E-state index in [1.165, 1.54) is 24.8 Å². The Morgan fingerprint density at radius 3 is 2.54 bits per heavy atom. The van der Waals surface area contributed by atoms with Crippen molar-refractivity contribution in [1.82, 2.24) is 14.9 Å². The third kappa shape index (κ3) is 4.57. The lowest BCUT2D eigenvalue weighted by atomic mass is 9.49. The summed E-state index contributed by atoms with van der Waals surface area (Å²) in [6.45, 7) is 4.26. The van der Waals surface area contributed by atoms with Gasteiger partial charge in [-0.1, -0.05) is 24.3 Å². The van der Waals surface area contributed by atoms with Gasteiger partial charge in [-0.3, -0.25) is 4.79 Å². The Kier molecular flexibility index (Phi) is 6.03. The molecular weight excluding hydrogens is 434 g/mol. The molecule has 1 amide bonds. The van der Waals surface area contributed by atoms with Crippen molar-refractivity contribution >= 4 is 16.9 Å². The van der Waals surface area contributed by atoms with Gasteiger partial charge >= 0.3 is 0 Å². The number of aryl methyl sites for hydroxylation is 2. The van der Waals surface area contributed by atoms with Crippen molar-refractivity contribution in [2.24, 2.45) is 23.2 Å². The molecule has 4 aliphatic rings. The van der Waals surface area contributed by atoms with Crippen LogP contribution in [0.4, 0.5) is 0 Å². The fraction of sp³-hybridized carbons (Fsp3) is 0.533. The van der Waals surface area contributed by atoms with E-state index in [9.17, 15) is 4.79 Å². The highest BCUT2D eigenvalue weighted by Crippen LogP contribution is 2.60. The van der Waals surface area contributed by atoms with Crippen molar-refractivity contribution in [2.75, 3.05) is 13.2 Å². The zero-order chi connectivity index (χ0) is 23.8. The molecule has 4 aliphatic carbocycles. The maximum atomic E-state index is 13.4. The number of ether oxygens (including phenoxy) is 1. The summed E-state index contributed by atoms with van der Waals surface area (Å²) >= 11 is 0. The molecule has 4 bridgehead atoms. The molecule has 0 spiro atoms. The van der Waals surface area contributed by atoms with Crippen LogP contribution in [0.2, 0.25) is 0 Å². The van der Waals surface area contributed by atoms with Crippen molar-refractivity contribution < 1.29 is 9.53 Å². The SMILES string of the molecule is Cc1cccc(OCCCn2c(CCNC(=O)C34CC5CC(CC(C5)C3)C4)nc3ccccc32)c1. The molecule has 0 aliphatic heterocycles. The van der Waals surface area contributed by atoms with E-state index >= 15 is 0 Å². The quantitative estimate of drug-likeness (QED) is 0.408. The van der Waals surface area contributed by atoms with Crippen LogP contribution in [0.25, 0.3) is 11.0 Å². The lowest BCUT2D eigenvalue weighted by Gasteiger charge is -2.55. The molecule has 0 atom stereocenters. The second-order valence-electron chi connectivity index (χ2n) is 11.4. The Labute approximate surface area is 208 Å². The number of benzene rings is 2. The highest BCUT2D eigenvalue weighted by atomic mass is 16.5. The summed E-state index contributed by atoms with van der Waals surface area (Å²) in [5, 5.41) is 3.34. The fourth-order valence-corrected chi connectivity index (χ4v) is 7.55.